The smallest absolute Gasteiger partial charge is 0.341 e. The van der Waals surface area contributed by atoms with Crippen LogP contribution in [0.4, 0.5) is 8.78 Å². The zero-order valence-electron chi connectivity index (χ0n) is 10.9. The van der Waals surface area contributed by atoms with Crippen LogP contribution in [0.15, 0.2) is 36.4 Å². The maximum Gasteiger partial charge on any atom is 0.341 e. The molecule has 2 aromatic carbocycles. The third-order valence-corrected chi connectivity index (χ3v) is 2.85. The Labute approximate surface area is 114 Å². The van der Waals surface area contributed by atoms with Crippen LogP contribution in [0.1, 0.15) is 10.4 Å². The average Bonchev–Trinajstić information content (AvgIpc) is 2.46. The van der Waals surface area contributed by atoms with Crippen molar-refractivity contribution < 1.29 is 23.0 Å². The van der Waals surface area contributed by atoms with Crippen molar-refractivity contribution >= 4 is 5.97 Å². The molecule has 0 aromatic heterocycles. The molecule has 0 unspecified atom stereocenters. The molecule has 0 atom stereocenters. The summed E-state index contributed by atoms with van der Waals surface area (Å²) in [4.78, 5) is 11.7. The van der Waals surface area contributed by atoms with Crippen molar-refractivity contribution in [3.63, 3.8) is 0 Å². The number of methoxy groups -OCH3 is 2. The molecule has 0 radical (unpaired) electrons. The Morgan fingerprint density at radius 2 is 1.80 bits per heavy atom. The number of rotatable bonds is 3. The summed E-state index contributed by atoms with van der Waals surface area (Å²) in [5, 5.41) is 0. The van der Waals surface area contributed by atoms with Crippen LogP contribution in [0, 0.1) is 11.6 Å². The first-order chi connectivity index (χ1) is 9.56. The van der Waals surface area contributed by atoms with E-state index in [0.29, 0.717) is 11.3 Å². The number of carbonyl (C=O) groups excluding carboxylic acids is 1. The minimum atomic E-state index is -0.703. The summed E-state index contributed by atoms with van der Waals surface area (Å²) in [6.07, 6.45) is 0. The molecule has 0 saturated carbocycles. The highest BCUT2D eigenvalue weighted by Crippen LogP contribution is 2.29. The Bertz CT molecular complexity index is 654. The van der Waals surface area contributed by atoms with Gasteiger partial charge in [0, 0.05) is 11.6 Å². The fraction of sp³-hybridized carbons (Fsp3) is 0.133. The van der Waals surface area contributed by atoms with E-state index in [1.54, 1.807) is 6.07 Å². The molecule has 0 fully saturated rings. The van der Waals surface area contributed by atoms with Crippen molar-refractivity contribution in [3.8, 4) is 16.9 Å². The highest BCUT2D eigenvalue weighted by molar-refractivity contribution is 5.94. The first-order valence-corrected chi connectivity index (χ1v) is 5.78. The van der Waals surface area contributed by atoms with Gasteiger partial charge < -0.3 is 9.47 Å². The van der Waals surface area contributed by atoms with Crippen molar-refractivity contribution in [2.75, 3.05) is 14.2 Å². The second kappa shape index (κ2) is 5.69. The Kier molecular flexibility index (Phi) is 3.98. The molecule has 0 aliphatic heterocycles. The minimum Gasteiger partial charge on any atom is -0.496 e. The van der Waals surface area contributed by atoms with E-state index in [1.165, 1.54) is 32.4 Å². The lowest BCUT2D eigenvalue weighted by molar-refractivity contribution is 0.0597. The highest BCUT2D eigenvalue weighted by Gasteiger charge is 2.15. The molecular formula is C15H12F2O3. The molecule has 3 nitrogen and oxygen atoms in total. The molecule has 0 saturated heterocycles. The van der Waals surface area contributed by atoms with Gasteiger partial charge >= 0.3 is 5.97 Å². The summed E-state index contributed by atoms with van der Waals surface area (Å²) in [6, 6.07) is 7.82. The largest absolute Gasteiger partial charge is 0.496 e. The molecule has 0 aliphatic carbocycles. The van der Waals surface area contributed by atoms with Gasteiger partial charge in [-0.3, -0.25) is 0 Å². The van der Waals surface area contributed by atoms with Gasteiger partial charge in [-0.2, -0.15) is 0 Å². The molecule has 2 rings (SSSR count). The van der Waals surface area contributed by atoms with Crippen molar-refractivity contribution in [3.05, 3.63) is 53.6 Å². The summed E-state index contributed by atoms with van der Waals surface area (Å²) in [5.41, 5.74) is 0.805. The maximum absolute atomic E-state index is 13.7. The molecule has 0 heterocycles. The van der Waals surface area contributed by atoms with Crippen LogP contribution in [0.5, 0.6) is 5.75 Å². The summed E-state index contributed by atoms with van der Waals surface area (Å²) in [6.45, 7) is 0. The molecular weight excluding hydrogens is 266 g/mol. The molecule has 2 aromatic rings. The van der Waals surface area contributed by atoms with E-state index in [4.69, 9.17) is 4.74 Å². The summed E-state index contributed by atoms with van der Waals surface area (Å²) in [7, 11) is 2.66. The zero-order valence-corrected chi connectivity index (χ0v) is 10.9. The normalized spacial score (nSPS) is 10.2. The van der Waals surface area contributed by atoms with Gasteiger partial charge in [-0.1, -0.05) is 6.07 Å². The molecule has 5 heteroatoms. The average molecular weight is 278 g/mol. The molecule has 0 aliphatic rings. The van der Waals surface area contributed by atoms with Gasteiger partial charge in [-0.05, 0) is 29.8 Å². The number of hydrogen-bond acceptors (Lipinski definition) is 3. The molecule has 20 heavy (non-hydrogen) atoms. The molecule has 104 valence electrons. The molecule has 0 bridgehead atoms. The van der Waals surface area contributed by atoms with Crippen LogP contribution < -0.4 is 4.74 Å². The predicted octanol–water partition coefficient (Wildman–Crippen LogP) is 3.43. The lowest BCUT2D eigenvalue weighted by atomic mass is 10.0. The molecule has 0 N–H and O–H groups in total. The van der Waals surface area contributed by atoms with Crippen LogP contribution in [0.3, 0.4) is 0 Å². The topological polar surface area (TPSA) is 35.5 Å². The number of carbonyl (C=O) groups is 1. The molecule has 0 spiro atoms. The number of halogens is 2. The predicted molar refractivity (Wildman–Crippen MR) is 69.7 cm³/mol. The van der Waals surface area contributed by atoms with Crippen molar-refractivity contribution in [2.24, 2.45) is 0 Å². The van der Waals surface area contributed by atoms with Gasteiger partial charge in [0.1, 0.15) is 22.9 Å². The Morgan fingerprint density at radius 3 is 2.40 bits per heavy atom. The number of hydrogen-bond donors (Lipinski definition) is 0. The van der Waals surface area contributed by atoms with Gasteiger partial charge in [-0.15, -0.1) is 0 Å². The highest BCUT2D eigenvalue weighted by atomic mass is 19.1. The van der Waals surface area contributed by atoms with Crippen molar-refractivity contribution in [1.29, 1.82) is 0 Å². The summed E-state index contributed by atoms with van der Waals surface area (Å²) < 4.78 is 36.4. The van der Waals surface area contributed by atoms with E-state index in [9.17, 15) is 13.6 Å². The number of esters is 1. The van der Waals surface area contributed by atoms with Crippen molar-refractivity contribution in [2.45, 2.75) is 0 Å². The quantitative estimate of drug-likeness (QED) is 0.807. The number of ether oxygens (including phenoxy) is 2. The van der Waals surface area contributed by atoms with E-state index in [1.807, 2.05) is 0 Å². The van der Waals surface area contributed by atoms with Crippen LogP contribution in [0.25, 0.3) is 11.1 Å². The third kappa shape index (κ3) is 2.61. The van der Waals surface area contributed by atoms with E-state index >= 15 is 0 Å². The lowest BCUT2D eigenvalue weighted by Crippen LogP contribution is -2.04. The van der Waals surface area contributed by atoms with Gasteiger partial charge in [0.05, 0.1) is 14.2 Å². The van der Waals surface area contributed by atoms with Crippen LogP contribution in [-0.2, 0) is 4.74 Å². The zero-order chi connectivity index (χ0) is 14.7. The fourth-order valence-corrected chi connectivity index (χ4v) is 1.87. The van der Waals surface area contributed by atoms with E-state index in [-0.39, 0.29) is 11.1 Å². The standard InChI is InChI=1S/C15H12F2O3/c1-19-14-6-3-9(7-12(14)15(18)20-2)11-5-4-10(16)8-13(11)17/h3-8H,1-2H3. The first kappa shape index (κ1) is 14.0. The Balaban J connectivity index is 2.55. The second-order valence-electron chi connectivity index (χ2n) is 4.03. The lowest BCUT2D eigenvalue weighted by Gasteiger charge is -2.10. The van der Waals surface area contributed by atoms with E-state index in [0.717, 1.165) is 12.1 Å². The minimum absolute atomic E-state index is 0.177. The summed E-state index contributed by atoms with van der Waals surface area (Å²) >= 11 is 0. The van der Waals surface area contributed by atoms with Crippen LogP contribution in [0.2, 0.25) is 0 Å². The Hall–Kier alpha value is -2.43. The second-order valence-corrected chi connectivity index (χ2v) is 4.03. The SMILES string of the molecule is COC(=O)c1cc(-c2ccc(F)cc2F)ccc1OC. The fourth-order valence-electron chi connectivity index (χ4n) is 1.87. The van der Waals surface area contributed by atoms with Gasteiger partial charge in [-0.25, -0.2) is 13.6 Å². The third-order valence-electron chi connectivity index (χ3n) is 2.85. The first-order valence-electron chi connectivity index (χ1n) is 5.78. The molecule has 0 amide bonds. The van der Waals surface area contributed by atoms with Crippen LogP contribution >= 0.6 is 0 Å². The monoisotopic (exact) mass is 278 g/mol. The van der Waals surface area contributed by atoms with Gasteiger partial charge in [0.15, 0.2) is 0 Å². The van der Waals surface area contributed by atoms with E-state index < -0.39 is 17.6 Å². The number of benzene rings is 2. The summed E-state index contributed by atoms with van der Waals surface area (Å²) in [5.74, 6) is -1.63. The Morgan fingerprint density at radius 1 is 1.05 bits per heavy atom. The maximum atomic E-state index is 13.7. The van der Waals surface area contributed by atoms with Gasteiger partial charge in [0.25, 0.3) is 0 Å². The van der Waals surface area contributed by atoms with Crippen molar-refractivity contribution in [1.82, 2.24) is 0 Å². The van der Waals surface area contributed by atoms with Crippen LogP contribution in [-0.4, -0.2) is 20.2 Å². The van der Waals surface area contributed by atoms with E-state index in [2.05, 4.69) is 4.74 Å². The van der Waals surface area contributed by atoms with Gasteiger partial charge in [0.2, 0.25) is 0 Å².